The third-order valence-electron chi connectivity index (χ3n) is 15.2. The van der Waals surface area contributed by atoms with Crippen LogP contribution in [0.2, 0.25) is 0 Å². The first-order valence-electron chi connectivity index (χ1n) is 34.4. The largest absolute Gasteiger partial charge is 0.462 e. The van der Waals surface area contributed by atoms with Gasteiger partial charge in [-0.15, -0.1) is 0 Å². The summed E-state index contributed by atoms with van der Waals surface area (Å²) < 4.78 is 16.9. The van der Waals surface area contributed by atoms with Gasteiger partial charge in [0.15, 0.2) is 6.10 Å². The van der Waals surface area contributed by atoms with Crippen molar-refractivity contribution in [2.45, 2.75) is 361 Å². The van der Waals surface area contributed by atoms with Gasteiger partial charge in [0, 0.05) is 19.3 Å². The lowest BCUT2D eigenvalue weighted by atomic mass is 10.0. The van der Waals surface area contributed by atoms with Gasteiger partial charge in [-0.3, -0.25) is 14.4 Å². The van der Waals surface area contributed by atoms with Crippen molar-refractivity contribution in [3.8, 4) is 0 Å². The van der Waals surface area contributed by atoms with Crippen LogP contribution in [0.15, 0.2) is 72.9 Å². The first kappa shape index (κ1) is 75.8. The molecule has 0 saturated heterocycles. The van der Waals surface area contributed by atoms with Crippen LogP contribution >= 0.6 is 0 Å². The van der Waals surface area contributed by atoms with Gasteiger partial charge in [-0.2, -0.15) is 0 Å². The van der Waals surface area contributed by atoms with Crippen molar-refractivity contribution in [1.29, 1.82) is 0 Å². The van der Waals surface area contributed by atoms with Gasteiger partial charge in [-0.1, -0.05) is 318 Å². The second-order valence-corrected chi connectivity index (χ2v) is 23.1. The predicted molar refractivity (Wildman–Crippen MR) is 344 cm³/mol. The zero-order chi connectivity index (χ0) is 57.1. The molecule has 0 aliphatic carbocycles. The number of unbranched alkanes of at least 4 members (excludes halogenated alkanes) is 40. The first-order valence-corrected chi connectivity index (χ1v) is 34.4. The molecule has 458 valence electrons. The molecule has 0 heterocycles. The highest BCUT2D eigenvalue weighted by Crippen LogP contribution is 2.18. The zero-order valence-electron chi connectivity index (χ0n) is 52.6. The Kier molecular flexibility index (Phi) is 64.7. The zero-order valence-corrected chi connectivity index (χ0v) is 52.6. The Labute approximate surface area is 491 Å². The maximum atomic E-state index is 12.9. The summed E-state index contributed by atoms with van der Waals surface area (Å²) in [5.41, 5.74) is 0. The molecule has 6 heteroatoms. The molecule has 0 aromatic rings. The van der Waals surface area contributed by atoms with Gasteiger partial charge < -0.3 is 14.2 Å². The standard InChI is InChI=1S/C73H130O6/c1-4-7-10-13-16-19-22-24-26-28-29-30-31-32-33-34-35-36-37-38-39-40-41-42-43-45-46-48-51-54-57-60-63-66-72(75)78-69-70(68-77-71(74)65-62-59-56-53-50-21-18-15-12-9-6-3)79-73(76)67-64-61-58-55-52-49-47-44-27-25-23-20-17-14-11-8-5-2/h8,11,17,20,22,24-25,27-29,31-32,70H,4-7,9-10,12-16,18-19,21,23,26,30,33-69H2,1-3H3/b11-8-,20-17-,24-22-,27-25-,29-28-,32-31-. The molecular weight excluding hydrogens is 973 g/mol. The van der Waals surface area contributed by atoms with E-state index in [2.05, 4.69) is 93.7 Å². The highest BCUT2D eigenvalue weighted by molar-refractivity contribution is 5.71. The fourth-order valence-electron chi connectivity index (χ4n) is 10.1. The molecule has 0 aromatic carbocycles. The van der Waals surface area contributed by atoms with Crippen molar-refractivity contribution >= 4 is 17.9 Å². The Hall–Kier alpha value is -3.15. The van der Waals surface area contributed by atoms with Crippen LogP contribution in [-0.4, -0.2) is 37.2 Å². The van der Waals surface area contributed by atoms with Crippen molar-refractivity contribution in [3.05, 3.63) is 72.9 Å². The lowest BCUT2D eigenvalue weighted by Gasteiger charge is -2.18. The average molecular weight is 1100 g/mol. The smallest absolute Gasteiger partial charge is 0.306 e. The van der Waals surface area contributed by atoms with Gasteiger partial charge in [-0.25, -0.2) is 0 Å². The van der Waals surface area contributed by atoms with Crippen LogP contribution in [0.5, 0.6) is 0 Å². The molecule has 0 N–H and O–H groups in total. The van der Waals surface area contributed by atoms with Crippen LogP contribution in [0.25, 0.3) is 0 Å². The molecular formula is C73H130O6. The number of ether oxygens (including phenoxy) is 3. The number of esters is 3. The van der Waals surface area contributed by atoms with E-state index in [9.17, 15) is 14.4 Å². The van der Waals surface area contributed by atoms with E-state index in [-0.39, 0.29) is 31.1 Å². The number of rotatable bonds is 63. The minimum Gasteiger partial charge on any atom is -0.462 e. The summed E-state index contributed by atoms with van der Waals surface area (Å²) in [6, 6.07) is 0. The predicted octanol–water partition coefficient (Wildman–Crippen LogP) is 23.7. The molecule has 0 fully saturated rings. The molecule has 79 heavy (non-hydrogen) atoms. The quantitative estimate of drug-likeness (QED) is 0.0261. The van der Waals surface area contributed by atoms with Gasteiger partial charge in [0.05, 0.1) is 0 Å². The molecule has 0 saturated carbocycles. The fraction of sp³-hybridized carbons (Fsp3) is 0.795. The minimum absolute atomic E-state index is 0.0748. The summed E-state index contributed by atoms with van der Waals surface area (Å²) in [6.45, 7) is 6.54. The first-order chi connectivity index (χ1) is 39.0. The Bertz CT molecular complexity index is 1450. The lowest BCUT2D eigenvalue weighted by Crippen LogP contribution is -2.30. The maximum absolute atomic E-state index is 12.9. The van der Waals surface area contributed by atoms with E-state index in [0.29, 0.717) is 19.3 Å². The molecule has 0 amide bonds. The number of carbonyl (C=O) groups excluding carboxylic acids is 3. The summed E-state index contributed by atoms with van der Waals surface area (Å²) in [5, 5.41) is 0. The number of hydrogen-bond donors (Lipinski definition) is 0. The van der Waals surface area contributed by atoms with E-state index in [4.69, 9.17) is 14.2 Å². The van der Waals surface area contributed by atoms with E-state index in [0.717, 1.165) is 96.3 Å². The third kappa shape index (κ3) is 65.5. The van der Waals surface area contributed by atoms with Crippen molar-refractivity contribution in [2.24, 2.45) is 0 Å². The molecule has 6 nitrogen and oxygen atoms in total. The molecule has 1 atom stereocenters. The number of hydrogen-bond acceptors (Lipinski definition) is 6. The van der Waals surface area contributed by atoms with Gasteiger partial charge >= 0.3 is 17.9 Å². The van der Waals surface area contributed by atoms with Crippen molar-refractivity contribution in [2.75, 3.05) is 13.2 Å². The summed E-state index contributed by atoms with van der Waals surface area (Å²) in [7, 11) is 0. The number of allylic oxidation sites excluding steroid dienone is 12. The lowest BCUT2D eigenvalue weighted by molar-refractivity contribution is -0.167. The van der Waals surface area contributed by atoms with Crippen molar-refractivity contribution < 1.29 is 28.6 Å². The molecule has 0 aliphatic heterocycles. The Morgan fingerprint density at radius 3 is 0.772 bits per heavy atom. The second kappa shape index (κ2) is 67.4. The molecule has 0 bridgehead atoms. The topological polar surface area (TPSA) is 78.9 Å². The van der Waals surface area contributed by atoms with E-state index in [1.807, 2.05) is 0 Å². The third-order valence-corrected chi connectivity index (χ3v) is 15.2. The Morgan fingerprint density at radius 2 is 0.494 bits per heavy atom. The SMILES string of the molecule is CC/C=C\C/C=C\C/C=C\CCCCCCCCCC(=O)OC(COC(=O)CCCCCCCCCCCCC)COC(=O)CCCCCCCCCCCCCCCCCCCC/C=C\C/C=C\C/C=C\CCCCCCC. The average Bonchev–Trinajstić information content (AvgIpc) is 3.45. The van der Waals surface area contributed by atoms with Crippen molar-refractivity contribution in [1.82, 2.24) is 0 Å². The summed E-state index contributed by atoms with van der Waals surface area (Å²) in [6.07, 6.45) is 88.0. The van der Waals surface area contributed by atoms with Crippen LogP contribution in [-0.2, 0) is 28.6 Å². The van der Waals surface area contributed by atoms with E-state index in [1.54, 1.807) is 0 Å². The fourth-order valence-corrected chi connectivity index (χ4v) is 10.1. The molecule has 0 aromatic heterocycles. The van der Waals surface area contributed by atoms with Crippen LogP contribution in [0.1, 0.15) is 355 Å². The highest BCUT2D eigenvalue weighted by atomic mass is 16.6. The Balaban J connectivity index is 4.11. The van der Waals surface area contributed by atoms with Crippen LogP contribution in [0.4, 0.5) is 0 Å². The van der Waals surface area contributed by atoms with Crippen LogP contribution in [0, 0.1) is 0 Å². The van der Waals surface area contributed by atoms with Gasteiger partial charge in [-0.05, 0) is 89.9 Å². The van der Waals surface area contributed by atoms with Gasteiger partial charge in [0.2, 0.25) is 0 Å². The summed E-state index contributed by atoms with van der Waals surface area (Å²) >= 11 is 0. The number of carbonyl (C=O) groups is 3. The monoisotopic (exact) mass is 1100 g/mol. The van der Waals surface area contributed by atoms with Gasteiger partial charge in [0.1, 0.15) is 13.2 Å². The van der Waals surface area contributed by atoms with Crippen LogP contribution in [0.3, 0.4) is 0 Å². The van der Waals surface area contributed by atoms with E-state index in [1.165, 1.54) is 218 Å². The molecule has 0 spiro atoms. The van der Waals surface area contributed by atoms with Gasteiger partial charge in [0.25, 0.3) is 0 Å². The summed E-state index contributed by atoms with van der Waals surface area (Å²) in [4.78, 5) is 38.3. The van der Waals surface area contributed by atoms with E-state index >= 15 is 0 Å². The molecule has 1 unspecified atom stereocenters. The Morgan fingerprint density at radius 1 is 0.266 bits per heavy atom. The minimum atomic E-state index is -0.778. The molecule has 0 radical (unpaired) electrons. The maximum Gasteiger partial charge on any atom is 0.306 e. The van der Waals surface area contributed by atoms with Crippen molar-refractivity contribution in [3.63, 3.8) is 0 Å². The van der Waals surface area contributed by atoms with E-state index < -0.39 is 6.10 Å². The van der Waals surface area contributed by atoms with Crippen LogP contribution < -0.4 is 0 Å². The second-order valence-electron chi connectivity index (χ2n) is 23.1. The normalized spacial score (nSPS) is 12.5. The molecule has 0 aliphatic rings. The summed E-state index contributed by atoms with van der Waals surface area (Å²) in [5.74, 6) is -0.867. The highest BCUT2D eigenvalue weighted by Gasteiger charge is 2.19. The molecule has 0 rings (SSSR count).